The minimum Gasteiger partial charge on any atom is -0.450 e. The summed E-state index contributed by atoms with van der Waals surface area (Å²) in [6.07, 6.45) is 3.15. The molecule has 0 atom stereocenters. The Bertz CT molecular complexity index is 736. The topological polar surface area (TPSA) is 74.8 Å². The Hall–Kier alpha value is -2.83. The van der Waals surface area contributed by atoms with E-state index in [0.29, 0.717) is 32.8 Å². The van der Waals surface area contributed by atoms with Crippen molar-refractivity contribution in [3.05, 3.63) is 36.7 Å². The predicted octanol–water partition coefficient (Wildman–Crippen LogP) is 2.54. The third-order valence-electron chi connectivity index (χ3n) is 4.02. The van der Waals surface area contributed by atoms with Crippen LogP contribution in [0, 0.1) is 0 Å². The molecule has 1 aliphatic heterocycles. The first-order valence-electron chi connectivity index (χ1n) is 7.99. The van der Waals surface area contributed by atoms with Crippen LogP contribution in [0.5, 0.6) is 0 Å². The lowest BCUT2D eigenvalue weighted by atomic mass is 10.1. The predicted molar refractivity (Wildman–Crippen MR) is 90.9 cm³/mol. The Kier molecular flexibility index (Phi) is 4.79. The molecule has 24 heavy (non-hydrogen) atoms. The van der Waals surface area contributed by atoms with Crippen LogP contribution >= 0.6 is 0 Å². The first-order valence-corrected chi connectivity index (χ1v) is 7.99. The normalized spacial score (nSPS) is 14.5. The number of rotatable bonds is 2. The highest BCUT2D eigenvalue weighted by Crippen LogP contribution is 2.22. The largest absolute Gasteiger partial charge is 0.450 e. The first-order chi connectivity index (χ1) is 11.7. The molecular weight excluding hydrogens is 308 g/mol. The van der Waals surface area contributed by atoms with Crippen molar-refractivity contribution in [2.45, 2.75) is 6.92 Å². The second kappa shape index (κ2) is 7.16. The smallest absolute Gasteiger partial charge is 0.409 e. The maximum Gasteiger partial charge on any atom is 0.409 e. The first kappa shape index (κ1) is 16.0. The molecule has 0 spiro atoms. The Labute approximate surface area is 140 Å². The third kappa shape index (κ3) is 3.40. The van der Waals surface area contributed by atoms with E-state index in [-0.39, 0.29) is 12.1 Å². The lowest BCUT2D eigenvalue weighted by molar-refractivity contribution is 0.0869. The van der Waals surface area contributed by atoms with E-state index >= 15 is 0 Å². The van der Waals surface area contributed by atoms with Gasteiger partial charge in [-0.15, -0.1) is 0 Å². The molecular formula is C17H20N4O3. The van der Waals surface area contributed by atoms with Crippen molar-refractivity contribution in [1.29, 1.82) is 0 Å². The third-order valence-corrected chi connectivity index (χ3v) is 4.02. The average Bonchev–Trinajstić information content (AvgIpc) is 2.62. The van der Waals surface area contributed by atoms with Crippen molar-refractivity contribution in [3.63, 3.8) is 0 Å². The number of aromatic nitrogens is 1. The molecule has 1 aliphatic rings. The quantitative estimate of drug-likeness (QED) is 0.919. The zero-order chi connectivity index (χ0) is 16.9. The van der Waals surface area contributed by atoms with Gasteiger partial charge in [0.2, 0.25) is 0 Å². The van der Waals surface area contributed by atoms with Crippen LogP contribution < -0.4 is 5.32 Å². The van der Waals surface area contributed by atoms with Gasteiger partial charge in [0.15, 0.2) is 0 Å². The summed E-state index contributed by atoms with van der Waals surface area (Å²) in [5.41, 5.74) is 0.757. The summed E-state index contributed by atoms with van der Waals surface area (Å²) in [5.74, 6) is 0. The van der Waals surface area contributed by atoms with E-state index < -0.39 is 0 Å². The van der Waals surface area contributed by atoms with Gasteiger partial charge in [-0.25, -0.2) is 9.59 Å². The summed E-state index contributed by atoms with van der Waals surface area (Å²) in [5, 5.41) is 4.87. The zero-order valence-corrected chi connectivity index (χ0v) is 13.6. The number of benzene rings is 1. The number of fused-ring (bicyclic) bond motifs is 1. The number of carbonyl (C=O) groups excluding carboxylic acids is 2. The van der Waals surface area contributed by atoms with Crippen LogP contribution in [0.15, 0.2) is 36.7 Å². The standard InChI is InChI=1S/C17H20N4O3/c1-2-24-17(23)21-10-8-20(9-11-21)16(22)19-15-5-3-4-13-12-18-7-6-14(13)15/h3-7,12H,2,8-11H2,1H3,(H,19,22). The zero-order valence-electron chi connectivity index (χ0n) is 13.6. The number of nitrogens with one attached hydrogen (secondary N) is 1. The highest BCUT2D eigenvalue weighted by atomic mass is 16.6. The molecule has 1 fully saturated rings. The Balaban J connectivity index is 1.63. The molecule has 126 valence electrons. The molecule has 0 radical (unpaired) electrons. The molecule has 1 saturated heterocycles. The number of hydrogen-bond donors (Lipinski definition) is 1. The van der Waals surface area contributed by atoms with Gasteiger partial charge < -0.3 is 19.9 Å². The second-order valence-electron chi connectivity index (χ2n) is 5.51. The van der Waals surface area contributed by atoms with Gasteiger partial charge in [0.25, 0.3) is 0 Å². The number of anilines is 1. The van der Waals surface area contributed by atoms with E-state index in [4.69, 9.17) is 4.74 Å². The summed E-state index contributed by atoms with van der Waals surface area (Å²) in [7, 11) is 0. The summed E-state index contributed by atoms with van der Waals surface area (Å²) in [4.78, 5) is 31.6. The molecule has 0 saturated carbocycles. The second-order valence-corrected chi connectivity index (χ2v) is 5.51. The number of hydrogen-bond acceptors (Lipinski definition) is 4. The van der Waals surface area contributed by atoms with Gasteiger partial charge in [0, 0.05) is 49.3 Å². The molecule has 7 nitrogen and oxygen atoms in total. The number of piperazine rings is 1. The van der Waals surface area contributed by atoms with E-state index in [1.165, 1.54) is 0 Å². The number of nitrogens with zero attached hydrogens (tertiary/aromatic N) is 3. The lowest BCUT2D eigenvalue weighted by Crippen LogP contribution is -2.51. The van der Waals surface area contributed by atoms with Gasteiger partial charge >= 0.3 is 12.1 Å². The van der Waals surface area contributed by atoms with Crippen molar-refractivity contribution < 1.29 is 14.3 Å². The molecule has 1 aromatic heterocycles. The van der Waals surface area contributed by atoms with E-state index in [0.717, 1.165) is 16.5 Å². The van der Waals surface area contributed by atoms with Crippen molar-refractivity contribution >= 4 is 28.6 Å². The van der Waals surface area contributed by atoms with Crippen molar-refractivity contribution in [1.82, 2.24) is 14.8 Å². The molecule has 7 heteroatoms. The van der Waals surface area contributed by atoms with Gasteiger partial charge in [0.05, 0.1) is 12.3 Å². The summed E-state index contributed by atoms with van der Waals surface area (Å²) >= 11 is 0. The van der Waals surface area contributed by atoms with E-state index in [9.17, 15) is 9.59 Å². The van der Waals surface area contributed by atoms with Gasteiger partial charge in [-0.3, -0.25) is 4.98 Å². The fraction of sp³-hybridized carbons (Fsp3) is 0.353. The average molecular weight is 328 g/mol. The SMILES string of the molecule is CCOC(=O)N1CCN(C(=O)Nc2cccc3cnccc23)CC1. The maximum atomic E-state index is 12.5. The highest BCUT2D eigenvalue weighted by molar-refractivity contribution is 6.01. The number of urea groups is 1. The van der Waals surface area contributed by atoms with Crippen LogP contribution in [0.2, 0.25) is 0 Å². The molecule has 0 bridgehead atoms. The number of pyridine rings is 1. The summed E-state index contributed by atoms with van der Waals surface area (Å²) in [6, 6.07) is 7.43. The molecule has 3 rings (SSSR count). The Morgan fingerprint density at radius 3 is 2.67 bits per heavy atom. The van der Waals surface area contributed by atoms with Crippen molar-refractivity contribution in [2.24, 2.45) is 0 Å². The minimum atomic E-state index is -0.320. The number of amides is 3. The number of ether oxygens (including phenoxy) is 1. The summed E-state index contributed by atoms with van der Waals surface area (Å²) < 4.78 is 4.98. The van der Waals surface area contributed by atoms with Gasteiger partial charge in [-0.1, -0.05) is 12.1 Å². The highest BCUT2D eigenvalue weighted by Gasteiger charge is 2.25. The number of carbonyl (C=O) groups is 2. The van der Waals surface area contributed by atoms with Crippen LogP contribution in [0.25, 0.3) is 10.8 Å². The summed E-state index contributed by atoms with van der Waals surface area (Å²) in [6.45, 7) is 4.06. The van der Waals surface area contributed by atoms with E-state index in [1.807, 2.05) is 24.3 Å². The fourth-order valence-corrected chi connectivity index (χ4v) is 2.73. The minimum absolute atomic E-state index is 0.164. The molecule has 1 aromatic carbocycles. The Morgan fingerprint density at radius 1 is 1.17 bits per heavy atom. The molecule has 2 aromatic rings. The Morgan fingerprint density at radius 2 is 1.92 bits per heavy atom. The van der Waals surface area contributed by atoms with Gasteiger partial charge in [-0.2, -0.15) is 0 Å². The fourth-order valence-electron chi connectivity index (χ4n) is 2.73. The van der Waals surface area contributed by atoms with Crippen LogP contribution in [0.4, 0.5) is 15.3 Å². The molecule has 0 aliphatic carbocycles. The van der Waals surface area contributed by atoms with Crippen molar-refractivity contribution in [3.8, 4) is 0 Å². The van der Waals surface area contributed by atoms with E-state index in [1.54, 1.807) is 29.1 Å². The maximum absolute atomic E-state index is 12.5. The lowest BCUT2D eigenvalue weighted by Gasteiger charge is -2.34. The van der Waals surface area contributed by atoms with E-state index in [2.05, 4.69) is 10.3 Å². The van der Waals surface area contributed by atoms with Gasteiger partial charge in [-0.05, 0) is 19.1 Å². The monoisotopic (exact) mass is 328 g/mol. The van der Waals surface area contributed by atoms with Crippen LogP contribution in [-0.4, -0.2) is 59.7 Å². The molecule has 2 heterocycles. The van der Waals surface area contributed by atoms with Crippen LogP contribution in [0.1, 0.15) is 6.92 Å². The van der Waals surface area contributed by atoms with Gasteiger partial charge in [0.1, 0.15) is 0 Å². The molecule has 0 unspecified atom stereocenters. The molecule has 3 amide bonds. The van der Waals surface area contributed by atoms with Crippen molar-refractivity contribution in [2.75, 3.05) is 38.1 Å². The molecule has 1 N–H and O–H groups in total. The van der Waals surface area contributed by atoms with Crippen LogP contribution in [-0.2, 0) is 4.74 Å². The van der Waals surface area contributed by atoms with Crippen LogP contribution in [0.3, 0.4) is 0 Å².